The number of nitrogens with one attached hydrogen (secondary N) is 2. The first-order chi connectivity index (χ1) is 9.62. The van der Waals surface area contributed by atoms with Crippen LogP contribution >= 0.6 is 0 Å². The maximum atomic E-state index is 12.4. The molecule has 0 spiro atoms. The van der Waals surface area contributed by atoms with Gasteiger partial charge in [-0.1, -0.05) is 26.2 Å². The zero-order valence-electron chi connectivity index (χ0n) is 12.6. The van der Waals surface area contributed by atoms with Crippen molar-refractivity contribution in [2.24, 2.45) is 5.92 Å². The van der Waals surface area contributed by atoms with Crippen LogP contribution in [-0.2, 0) is 10.2 Å². The van der Waals surface area contributed by atoms with Gasteiger partial charge in [0.1, 0.15) is 0 Å². The highest BCUT2D eigenvalue weighted by molar-refractivity contribution is 7.87. The van der Waals surface area contributed by atoms with Crippen LogP contribution in [0, 0.1) is 5.92 Å². The molecule has 118 valence electrons. The molecule has 2 rings (SSSR count). The summed E-state index contributed by atoms with van der Waals surface area (Å²) in [6.45, 7) is 5.44. The fourth-order valence-electron chi connectivity index (χ4n) is 3.21. The predicted molar refractivity (Wildman–Crippen MR) is 81.8 cm³/mol. The first kappa shape index (κ1) is 16.2. The Hall–Kier alpha value is -0.170. The molecule has 2 N–H and O–H groups in total. The molecule has 0 unspecified atom stereocenters. The minimum absolute atomic E-state index is 0.160. The van der Waals surface area contributed by atoms with Gasteiger partial charge in [-0.25, -0.2) is 0 Å². The van der Waals surface area contributed by atoms with Crippen LogP contribution in [0.4, 0.5) is 0 Å². The summed E-state index contributed by atoms with van der Waals surface area (Å²) in [4.78, 5) is 0. The zero-order chi connectivity index (χ0) is 14.4. The Morgan fingerprint density at radius 2 is 1.70 bits per heavy atom. The average molecular weight is 303 g/mol. The van der Waals surface area contributed by atoms with Crippen molar-refractivity contribution in [2.45, 2.75) is 57.9 Å². The lowest BCUT2D eigenvalue weighted by Gasteiger charge is -2.33. The molecule has 1 heterocycles. The van der Waals surface area contributed by atoms with Gasteiger partial charge in [-0.3, -0.25) is 0 Å². The zero-order valence-corrected chi connectivity index (χ0v) is 13.4. The molecule has 1 aliphatic carbocycles. The van der Waals surface area contributed by atoms with Crippen molar-refractivity contribution in [1.29, 1.82) is 0 Å². The SMILES string of the molecule is CCNCC1CCN(S(=O)(=O)NC2CCCCC2)CC1. The van der Waals surface area contributed by atoms with E-state index in [1.165, 1.54) is 6.42 Å². The highest BCUT2D eigenvalue weighted by Gasteiger charge is 2.29. The predicted octanol–water partition coefficient (Wildman–Crippen LogP) is 1.47. The third-order valence-electron chi connectivity index (χ3n) is 4.52. The van der Waals surface area contributed by atoms with Crippen LogP contribution in [0.1, 0.15) is 51.9 Å². The van der Waals surface area contributed by atoms with E-state index < -0.39 is 10.2 Å². The maximum Gasteiger partial charge on any atom is 0.279 e. The van der Waals surface area contributed by atoms with Gasteiger partial charge in [0.25, 0.3) is 10.2 Å². The minimum atomic E-state index is -3.26. The summed E-state index contributed by atoms with van der Waals surface area (Å²) in [5, 5.41) is 3.35. The average Bonchev–Trinajstić information content (AvgIpc) is 2.46. The standard InChI is InChI=1S/C14H29N3O2S/c1-2-15-12-13-8-10-17(11-9-13)20(18,19)16-14-6-4-3-5-7-14/h13-16H,2-12H2,1H3. The molecule has 2 aliphatic rings. The van der Waals surface area contributed by atoms with Crippen molar-refractivity contribution in [3.05, 3.63) is 0 Å². The van der Waals surface area contributed by atoms with E-state index in [-0.39, 0.29) is 6.04 Å². The van der Waals surface area contributed by atoms with Crippen molar-refractivity contribution < 1.29 is 8.42 Å². The van der Waals surface area contributed by atoms with E-state index in [9.17, 15) is 8.42 Å². The van der Waals surface area contributed by atoms with Crippen molar-refractivity contribution in [3.63, 3.8) is 0 Å². The van der Waals surface area contributed by atoms with E-state index >= 15 is 0 Å². The Kier molecular flexibility index (Phi) is 6.26. The van der Waals surface area contributed by atoms with Gasteiger partial charge in [0.15, 0.2) is 0 Å². The summed E-state index contributed by atoms with van der Waals surface area (Å²) in [6.07, 6.45) is 7.48. The van der Waals surface area contributed by atoms with Crippen LogP contribution in [0.15, 0.2) is 0 Å². The molecule has 1 aliphatic heterocycles. The Morgan fingerprint density at radius 1 is 1.05 bits per heavy atom. The fraction of sp³-hybridized carbons (Fsp3) is 1.00. The van der Waals surface area contributed by atoms with E-state index in [1.54, 1.807) is 4.31 Å². The number of hydrogen-bond donors (Lipinski definition) is 2. The highest BCUT2D eigenvalue weighted by Crippen LogP contribution is 2.21. The molecule has 2 fully saturated rings. The van der Waals surface area contributed by atoms with E-state index in [2.05, 4.69) is 17.0 Å². The van der Waals surface area contributed by atoms with Gasteiger partial charge in [0.05, 0.1) is 0 Å². The second-order valence-corrected chi connectivity index (χ2v) is 7.81. The third-order valence-corrected chi connectivity index (χ3v) is 6.19. The Bertz CT molecular complexity index is 372. The van der Waals surface area contributed by atoms with Crippen molar-refractivity contribution in [2.75, 3.05) is 26.2 Å². The van der Waals surface area contributed by atoms with Gasteiger partial charge in [-0.05, 0) is 44.7 Å². The molecule has 1 saturated carbocycles. The highest BCUT2D eigenvalue weighted by atomic mass is 32.2. The summed E-state index contributed by atoms with van der Waals surface area (Å²) in [5.41, 5.74) is 0. The van der Waals surface area contributed by atoms with Crippen LogP contribution in [0.25, 0.3) is 0 Å². The van der Waals surface area contributed by atoms with E-state index in [0.29, 0.717) is 19.0 Å². The minimum Gasteiger partial charge on any atom is -0.317 e. The summed E-state index contributed by atoms with van der Waals surface area (Å²) in [7, 11) is -3.26. The summed E-state index contributed by atoms with van der Waals surface area (Å²) in [5.74, 6) is 0.621. The van der Waals surface area contributed by atoms with Crippen LogP contribution in [0.5, 0.6) is 0 Å². The van der Waals surface area contributed by atoms with Crippen LogP contribution < -0.4 is 10.0 Å². The van der Waals surface area contributed by atoms with Gasteiger partial charge in [-0.2, -0.15) is 17.4 Å². The fourth-order valence-corrected chi connectivity index (χ4v) is 4.71. The van der Waals surface area contributed by atoms with Crippen LogP contribution in [0.3, 0.4) is 0 Å². The van der Waals surface area contributed by atoms with Gasteiger partial charge in [0.2, 0.25) is 0 Å². The van der Waals surface area contributed by atoms with E-state index in [1.807, 2.05) is 0 Å². The molecule has 0 aromatic heterocycles. The summed E-state index contributed by atoms with van der Waals surface area (Å²) >= 11 is 0. The Labute approximate surface area is 123 Å². The first-order valence-corrected chi connectivity index (χ1v) is 9.54. The lowest BCUT2D eigenvalue weighted by molar-refractivity contribution is 0.263. The van der Waals surface area contributed by atoms with E-state index in [4.69, 9.17) is 0 Å². The van der Waals surface area contributed by atoms with Crippen molar-refractivity contribution in [1.82, 2.24) is 14.3 Å². The molecule has 0 bridgehead atoms. The van der Waals surface area contributed by atoms with Crippen molar-refractivity contribution in [3.8, 4) is 0 Å². The van der Waals surface area contributed by atoms with Crippen molar-refractivity contribution >= 4 is 10.2 Å². The van der Waals surface area contributed by atoms with Gasteiger partial charge in [-0.15, -0.1) is 0 Å². The molecule has 20 heavy (non-hydrogen) atoms. The number of nitrogens with zero attached hydrogens (tertiary/aromatic N) is 1. The molecule has 5 nitrogen and oxygen atoms in total. The molecule has 0 aromatic rings. The molecule has 1 saturated heterocycles. The molecule has 0 amide bonds. The normalized spacial score (nSPS) is 24.1. The Morgan fingerprint density at radius 3 is 2.30 bits per heavy atom. The first-order valence-electron chi connectivity index (χ1n) is 8.10. The van der Waals surface area contributed by atoms with Crippen LogP contribution in [-0.4, -0.2) is 44.9 Å². The number of rotatable bonds is 6. The smallest absolute Gasteiger partial charge is 0.279 e. The molecule has 0 radical (unpaired) electrons. The maximum absolute atomic E-state index is 12.4. The van der Waals surface area contributed by atoms with Crippen LogP contribution in [0.2, 0.25) is 0 Å². The van der Waals surface area contributed by atoms with Gasteiger partial charge < -0.3 is 5.32 Å². The van der Waals surface area contributed by atoms with Gasteiger partial charge in [0, 0.05) is 19.1 Å². The lowest BCUT2D eigenvalue weighted by atomic mass is 9.96. The largest absolute Gasteiger partial charge is 0.317 e. The summed E-state index contributed by atoms with van der Waals surface area (Å²) < 4.78 is 29.3. The monoisotopic (exact) mass is 303 g/mol. The second kappa shape index (κ2) is 7.73. The third kappa shape index (κ3) is 4.69. The quantitative estimate of drug-likeness (QED) is 0.781. The van der Waals surface area contributed by atoms with Gasteiger partial charge >= 0.3 is 0 Å². The topological polar surface area (TPSA) is 61.4 Å². The second-order valence-electron chi connectivity index (χ2n) is 6.11. The Balaban J connectivity index is 1.79. The summed E-state index contributed by atoms with van der Waals surface area (Å²) in [6, 6.07) is 0.160. The van der Waals surface area contributed by atoms with E-state index in [0.717, 1.165) is 51.6 Å². The molecule has 0 aromatic carbocycles. The molecular formula is C14H29N3O2S. The number of hydrogen-bond acceptors (Lipinski definition) is 3. The molecular weight excluding hydrogens is 274 g/mol. The lowest BCUT2D eigenvalue weighted by Crippen LogP contribution is -2.49. The molecule has 6 heteroatoms. The molecule has 0 atom stereocenters. The number of piperidine rings is 1.